The Hall–Kier alpha value is -1.22. The Morgan fingerprint density at radius 2 is 2.30 bits per heavy atom. The first-order valence-electron chi connectivity index (χ1n) is 6.73. The van der Waals surface area contributed by atoms with Crippen LogP contribution in [0.4, 0.5) is 0 Å². The molecule has 0 saturated heterocycles. The molecular weight excluding hydrogens is 272 g/mol. The summed E-state index contributed by atoms with van der Waals surface area (Å²) in [5, 5.41) is 22.0. The summed E-state index contributed by atoms with van der Waals surface area (Å²) in [6, 6.07) is 9.42. The van der Waals surface area contributed by atoms with Crippen LogP contribution < -0.4 is 10.1 Å². The van der Waals surface area contributed by atoms with Gasteiger partial charge in [-0.05, 0) is 30.9 Å². The largest absolute Gasteiger partial charge is 0.491 e. The van der Waals surface area contributed by atoms with E-state index in [-0.39, 0.29) is 6.61 Å². The van der Waals surface area contributed by atoms with Crippen molar-refractivity contribution in [1.29, 1.82) is 5.26 Å². The molecule has 5 heteroatoms. The monoisotopic (exact) mass is 294 g/mol. The first-order chi connectivity index (χ1) is 9.69. The predicted molar refractivity (Wildman–Crippen MR) is 83.1 cm³/mol. The van der Waals surface area contributed by atoms with Crippen LogP contribution in [0.2, 0.25) is 0 Å². The lowest BCUT2D eigenvalue weighted by Crippen LogP contribution is -2.39. The molecule has 0 aromatic heterocycles. The number of thioether (sulfide) groups is 1. The highest BCUT2D eigenvalue weighted by Gasteiger charge is 2.09. The minimum atomic E-state index is -0.559. The van der Waals surface area contributed by atoms with E-state index in [2.05, 4.69) is 24.6 Å². The molecule has 0 spiro atoms. The summed E-state index contributed by atoms with van der Waals surface area (Å²) in [5.41, 5.74) is 0.557. The van der Waals surface area contributed by atoms with Gasteiger partial charge < -0.3 is 15.2 Å². The zero-order valence-electron chi connectivity index (χ0n) is 12.0. The molecule has 1 aromatic rings. The van der Waals surface area contributed by atoms with E-state index >= 15 is 0 Å². The van der Waals surface area contributed by atoms with Crippen LogP contribution in [-0.2, 0) is 0 Å². The maximum atomic E-state index is 9.89. The Morgan fingerprint density at radius 1 is 1.50 bits per heavy atom. The van der Waals surface area contributed by atoms with E-state index < -0.39 is 6.10 Å². The maximum Gasteiger partial charge on any atom is 0.120 e. The van der Waals surface area contributed by atoms with Crippen molar-refractivity contribution in [2.75, 3.05) is 25.2 Å². The second-order valence-electron chi connectivity index (χ2n) is 4.57. The number of rotatable bonds is 9. The Bertz CT molecular complexity index is 434. The van der Waals surface area contributed by atoms with E-state index in [0.29, 0.717) is 23.9 Å². The van der Waals surface area contributed by atoms with Gasteiger partial charge in [0.1, 0.15) is 18.5 Å². The first kappa shape index (κ1) is 16.8. The molecule has 110 valence electrons. The Morgan fingerprint density at radius 3 is 2.95 bits per heavy atom. The van der Waals surface area contributed by atoms with Gasteiger partial charge >= 0.3 is 0 Å². The van der Waals surface area contributed by atoms with Crippen molar-refractivity contribution in [2.24, 2.45) is 0 Å². The third-order valence-corrected chi connectivity index (χ3v) is 3.64. The van der Waals surface area contributed by atoms with Gasteiger partial charge in [0.2, 0.25) is 0 Å². The van der Waals surface area contributed by atoms with Gasteiger partial charge in [-0.2, -0.15) is 17.0 Å². The molecule has 0 radical (unpaired) electrons. The molecule has 0 fully saturated rings. The molecule has 0 bridgehead atoms. The van der Waals surface area contributed by atoms with E-state index in [1.54, 1.807) is 36.0 Å². The Labute approximate surface area is 125 Å². The number of ether oxygens (including phenoxy) is 1. The highest BCUT2D eigenvalue weighted by molar-refractivity contribution is 7.98. The van der Waals surface area contributed by atoms with Crippen LogP contribution >= 0.6 is 11.8 Å². The summed E-state index contributed by atoms with van der Waals surface area (Å²) in [6.45, 7) is 2.86. The maximum absolute atomic E-state index is 9.89. The van der Waals surface area contributed by atoms with E-state index in [1.807, 2.05) is 0 Å². The summed E-state index contributed by atoms with van der Waals surface area (Å²) in [7, 11) is 0. The van der Waals surface area contributed by atoms with Crippen molar-refractivity contribution in [3.8, 4) is 11.8 Å². The fourth-order valence-electron chi connectivity index (χ4n) is 1.73. The van der Waals surface area contributed by atoms with Crippen molar-refractivity contribution in [1.82, 2.24) is 5.32 Å². The number of nitrogens with one attached hydrogen (secondary N) is 1. The van der Waals surface area contributed by atoms with Crippen molar-refractivity contribution in [2.45, 2.75) is 25.5 Å². The first-order valence-corrected chi connectivity index (χ1v) is 8.12. The van der Waals surface area contributed by atoms with Crippen molar-refractivity contribution in [3.63, 3.8) is 0 Å². The lowest BCUT2D eigenvalue weighted by molar-refractivity contribution is 0.104. The number of aliphatic hydroxyl groups excluding tert-OH is 1. The minimum Gasteiger partial charge on any atom is -0.491 e. The zero-order valence-corrected chi connectivity index (χ0v) is 12.8. The fraction of sp³-hybridized carbons (Fsp3) is 0.533. The Balaban J connectivity index is 2.32. The molecule has 0 heterocycles. The number of benzene rings is 1. The normalized spacial score (nSPS) is 13.5. The number of aliphatic hydroxyl groups is 1. The summed E-state index contributed by atoms with van der Waals surface area (Å²) in [5.74, 6) is 1.65. The van der Waals surface area contributed by atoms with Crippen molar-refractivity contribution >= 4 is 11.8 Å². The molecule has 2 N–H and O–H groups in total. The van der Waals surface area contributed by atoms with Gasteiger partial charge in [0.05, 0.1) is 11.6 Å². The summed E-state index contributed by atoms with van der Waals surface area (Å²) in [4.78, 5) is 0. The summed E-state index contributed by atoms with van der Waals surface area (Å²) >= 11 is 1.79. The third-order valence-electron chi connectivity index (χ3n) is 2.91. The number of hydrogen-bond donors (Lipinski definition) is 2. The van der Waals surface area contributed by atoms with Crippen molar-refractivity contribution in [3.05, 3.63) is 29.8 Å². The molecule has 0 aliphatic carbocycles. The van der Waals surface area contributed by atoms with Gasteiger partial charge in [-0.15, -0.1) is 0 Å². The van der Waals surface area contributed by atoms with Crippen LogP contribution in [0.3, 0.4) is 0 Å². The summed E-state index contributed by atoms with van der Waals surface area (Å²) in [6.07, 6.45) is 2.56. The minimum absolute atomic E-state index is 0.220. The van der Waals surface area contributed by atoms with Gasteiger partial charge in [0.25, 0.3) is 0 Å². The lowest BCUT2D eigenvalue weighted by Gasteiger charge is -2.19. The molecule has 1 rings (SSSR count). The number of nitriles is 1. The van der Waals surface area contributed by atoms with Gasteiger partial charge in [-0.3, -0.25) is 0 Å². The van der Waals surface area contributed by atoms with E-state index in [1.165, 1.54) is 0 Å². The molecule has 20 heavy (non-hydrogen) atoms. The molecule has 2 atom stereocenters. The molecular formula is C15H22N2O2S. The van der Waals surface area contributed by atoms with E-state index in [0.717, 1.165) is 12.2 Å². The highest BCUT2D eigenvalue weighted by Crippen LogP contribution is 2.12. The smallest absolute Gasteiger partial charge is 0.120 e. The quantitative estimate of drug-likeness (QED) is 0.729. The molecule has 0 aliphatic rings. The van der Waals surface area contributed by atoms with E-state index in [9.17, 15) is 5.11 Å². The highest BCUT2D eigenvalue weighted by atomic mass is 32.2. The van der Waals surface area contributed by atoms with Crippen LogP contribution in [0.1, 0.15) is 18.9 Å². The molecule has 4 nitrogen and oxygen atoms in total. The average molecular weight is 294 g/mol. The van der Waals surface area contributed by atoms with Crippen molar-refractivity contribution < 1.29 is 9.84 Å². The molecule has 0 aliphatic heterocycles. The van der Waals surface area contributed by atoms with Gasteiger partial charge in [-0.1, -0.05) is 13.0 Å². The van der Waals surface area contributed by atoms with Crippen LogP contribution in [0, 0.1) is 11.3 Å². The second-order valence-corrected chi connectivity index (χ2v) is 5.48. The van der Waals surface area contributed by atoms with Crippen LogP contribution in [0.15, 0.2) is 24.3 Å². The van der Waals surface area contributed by atoms with Gasteiger partial charge in [0, 0.05) is 18.3 Å². The molecule has 0 amide bonds. The summed E-state index contributed by atoms with van der Waals surface area (Å²) < 4.78 is 5.49. The van der Waals surface area contributed by atoms with Crippen LogP contribution in [0.25, 0.3) is 0 Å². The predicted octanol–water partition coefficient (Wildman–Crippen LogP) is 2.03. The van der Waals surface area contributed by atoms with Gasteiger partial charge in [-0.25, -0.2) is 0 Å². The number of hydrogen-bond acceptors (Lipinski definition) is 5. The average Bonchev–Trinajstić information content (AvgIpc) is 2.49. The second kappa shape index (κ2) is 9.65. The topological polar surface area (TPSA) is 65.3 Å². The molecule has 2 unspecified atom stereocenters. The van der Waals surface area contributed by atoms with Crippen LogP contribution in [0.5, 0.6) is 5.75 Å². The third kappa shape index (κ3) is 6.29. The SMILES string of the molecule is CCC(CSC)NCC(O)COc1cccc(C#N)c1. The Kier molecular flexibility index (Phi) is 8.12. The lowest BCUT2D eigenvalue weighted by atomic mass is 10.2. The van der Waals surface area contributed by atoms with Crippen LogP contribution in [-0.4, -0.2) is 42.4 Å². The van der Waals surface area contributed by atoms with Gasteiger partial charge in [0.15, 0.2) is 0 Å². The van der Waals surface area contributed by atoms with E-state index in [4.69, 9.17) is 10.00 Å². The number of nitrogens with zero attached hydrogens (tertiary/aromatic N) is 1. The molecule has 1 aromatic carbocycles. The zero-order chi connectivity index (χ0) is 14.8. The molecule has 0 saturated carbocycles. The standard InChI is InChI=1S/C15H22N2O2S/c1-3-13(11-20-2)17-9-14(18)10-19-15-6-4-5-12(7-15)8-16/h4-7,13-14,17-18H,3,9-11H2,1-2H3. The fourth-order valence-corrected chi connectivity index (χ4v) is 2.49.